The van der Waals surface area contributed by atoms with Crippen LogP contribution in [0.2, 0.25) is 0 Å². The molecule has 5 nitrogen and oxygen atoms in total. The summed E-state index contributed by atoms with van der Waals surface area (Å²) in [5.74, 6) is -0.589. The predicted octanol–water partition coefficient (Wildman–Crippen LogP) is 4.01. The Morgan fingerprint density at radius 1 is 1.25 bits per heavy atom. The maximum atomic E-state index is 12.8. The number of rotatable bonds is 5. The Kier molecular flexibility index (Phi) is 6.33. The van der Waals surface area contributed by atoms with E-state index in [1.165, 1.54) is 18.3 Å². The minimum atomic E-state index is -0.550. The van der Waals surface area contributed by atoms with Gasteiger partial charge in [-0.15, -0.1) is 0 Å². The van der Waals surface area contributed by atoms with Gasteiger partial charge in [0.25, 0.3) is 5.91 Å². The molecular weight excluding hydrogens is 445 g/mol. The summed E-state index contributed by atoms with van der Waals surface area (Å²) in [6, 6.07) is 8.50. The minimum absolute atomic E-state index is 0.0910. The lowest BCUT2D eigenvalue weighted by atomic mass is 10.2. The minimum Gasteiger partial charge on any atom is -0.506 e. The molecule has 0 aliphatic heterocycles. The van der Waals surface area contributed by atoms with Crippen LogP contribution in [0.5, 0.6) is 5.75 Å². The second kappa shape index (κ2) is 8.25. The fourth-order valence-electron chi connectivity index (χ4n) is 1.79. The fraction of sp³-hybridized carbons (Fsp3) is 0.125. The highest BCUT2D eigenvalue weighted by atomic mass is 79.9. The van der Waals surface area contributed by atoms with Gasteiger partial charge in [-0.25, -0.2) is 9.82 Å². The Bertz CT molecular complexity index is 743. The van der Waals surface area contributed by atoms with E-state index in [4.69, 9.17) is 0 Å². The average molecular weight is 459 g/mol. The van der Waals surface area contributed by atoms with Gasteiger partial charge < -0.3 is 10.4 Å². The van der Waals surface area contributed by atoms with Crippen LogP contribution in [0.25, 0.3) is 0 Å². The van der Waals surface area contributed by atoms with Crippen molar-refractivity contribution in [3.63, 3.8) is 0 Å². The van der Waals surface area contributed by atoms with E-state index in [9.17, 15) is 14.3 Å². The number of phenolic OH excluding ortho intramolecular Hbond substituents is 1. The van der Waals surface area contributed by atoms with Crippen molar-refractivity contribution in [3.8, 4) is 5.75 Å². The Labute approximate surface area is 155 Å². The molecule has 2 aromatic carbocycles. The summed E-state index contributed by atoms with van der Waals surface area (Å²) in [7, 11) is 0. The molecule has 0 saturated heterocycles. The summed E-state index contributed by atoms with van der Waals surface area (Å²) in [4.78, 5) is 12.0. The molecule has 0 spiro atoms. The van der Waals surface area contributed by atoms with E-state index in [-0.39, 0.29) is 17.5 Å². The summed E-state index contributed by atoms with van der Waals surface area (Å²) in [5, 5.41) is 16.5. The van der Waals surface area contributed by atoms with Gasteiger partial charge in [-0.2, -0.15) is 5.10 Å². The molecule has 3 N–H and O–H groups in total. The maximum absolute atomic E-state index is 12.8. The third kappa shape index (κ3) is 5.04. The van der Waals surface area contributed by atoms with Gasteiger partial charge in [0.2, 0.25) is 0 Å². The van der Waals surface area contributed by atoms with Crippen molar-refractivity contribution in [3.05, 3.63) is 56.7 Å². The number of nitrogens with one attached hydrogen (secondary N) is 2. The van der Waals surface area contributed by atoms with Gasteiger partial charge in [-0.05, 0) is 80.7 Å². The number of carbonyl (C=O) groups excluding carboxylic acids is 1. The van der Waals surface area contributed by atoms with Crippen LogP contribution in [0, 0.1) is 5.82 Å². The van der Waals surface area contributed by atoms with Gasteiger partial charge in [-0.3, -0.25) is 4.79 Å². The Balaban J connectivity index is 1.93. The first kappa shape index (κ1) is 18.4. The lowest BCUT2D eigenvalue weighted by molar-refractivity contribution is -0.121. The van der Waals surface area contributed by atoms with Crippen LogP contribution >= 0.6 is 31.9 Å². The van der Waals surface area contributed by atoms with Gasteiger partial charge in [0, 0.05) is 5.69 Å². The van der Waals surface area contributed by atoms with Gasteiger partial charge in [-0.1, -0.05) is 0 Å². The van der Waals surface area contributed by atoms with Crippen LogP contribution in [-0.4, -0.2) is 23.3 Å². The molecule has 8 heteroatoms. The number of amides is 1. The number of hydrazone groups is 1. The van der Waals surface area contributed by atoms with Crippen molar-refractivity contribution in [1.29, 1.82) is 0 Å². The summed E-state index contributed by atoms with van der Waals surface area (Å²) < 4.78 is 13.9. The van der Waals surface area contributed by atoms with E-state index in [1.54, 1.807) is 31.2 Å². The summed E-state index contributed by atoms with van der Waals surface area (Å²) in [5.41, 5.74) is 3.74. The lowest BCUT2D eigenvalue weighted by Gasteiger charge is -2.13. The molecule has 0 saturated carbocycles. The van der Waals surface area contributed by atoms with Gasteiger partial charge >= 0.3 is 0 Å². The molecule has 0 aromatic heterocycles. The van der Waals surface area contributed by atoms with Gasteiger partial charge in [0.05, 0.1) is 15.2 Å². The van der Waals surface area contributed by atoms with Crippen molar-refractivity contribution in [2.75, 3.05) is 5.32 Å². The molecule has 1 amide bonds. The molecule has 0 aliphatic carbocycles. The average Bonchev–Trinajstić information content (AvgIpc) is 2.54. The zero-order valence-electron chi connectivity index (χ0n) is 12.6. The maximum Gasteiger partial charge on any atom is 0.262 e. The molecule has 1 atom stereocenters. The molecule has 0 unspecified atom stereocenters. The number of halogens is 3. The molecule has 0 aliphatic rings. The standard InChI is InChI=1S/C16H14Br2FN3O2/c1-9(21-12-4-2-11(19)3-5-12)16(24)22-20-8-10-6-13(17)15(23)14(18)7-10/h2-9,21,23H,1H3,(H,22,24)/b20-8-/t9-/m1/s1. The molecule has 2 rings (SSSR count). The van der Waals surface area contributed by atoms with Crippen molar-refractivity contribution in [2.24, 2.45) is 5.10 Å². The Hall–Kier alpha value is -1.93. The monoisotopic (exact) mass is 457 g/mol. The number of anilines is 1. The largest absolute Gasteiger partial charge is 0.506 e. The van der Waals surface area contributed by atoms with Crippen LogP contribution in [-0.2, 0) is 4.79 Å². The number of nitrogens with zero attached hydrogens (tertiary/aromatic N) is 1. The normalized spacial score (nSPS) is 12.2. The highest BCUT2D eigenvalue weighted by molar-refractivity contribution is 9.11. The topological polar surface area (TPSA) is 73.7 Å². The van der Waals surface area contributed by atoms with Crippen molar-refractivity contribution in [2.45, 2.75) is 13.0 Å². The zero-order chi connectivity index (χ0) is 17.7. The second-order valence-corrected chi connectivity index (χ2v) is 6.65. The van der Waals surface area contributed by atoms with Gasteiger partial charge in [0.1, 0.15) is 17.6 Å². The van der Waals surface area contributed by atoms with E-state index in [0.29, 0.717) is 20.2 Å². The van der Waals surface area contributed by atoms with Crippen LogP contribution in [0.4, 0.5) is 10.1 Å². The molecule has 24 heavy (non-hydrogen) atoms. The van der Waals surface area contributed by atoms with E-state index in [1.807, 2.05) is 0 Å². The fourth-order valence-corrected chi connectivity index (χ4v) is 3.01. The molecular formula is C16H14Br2FN3O2. The van der Waals surface area contributed by atoms with Crippen LogP contribution in [0.15, 0.2) is 50.4 Å². The number of hydrogen-bond acceptors (Lipinski definition) is 4. The summed E-state index contributed by atoms with van der Waals surface area (Å²) in [6.45, 7) is 1.67. The van der Waals surface area contributed by atoms with E-state index in [2.05, 4.69) is 47.7 Å². The summed E-state index contributed by atoms with van der Waals surface area (Å²) >= 11 is 6.43. The Morgan fingerprint density at radius 3 is 2.42 bits per heavy atom. The number of hydrogen-bond donors (Lipinski definition) is 3. The van der Waals surface area contributed by atoms with E-state index < -0.39 is 6.04 Å². The van der Waals surface area contributed by atoms with Gasteiger partial charge in [0.15, 0.2) is 0 Å². The molecule has 126 valence electrons. The summed E-state index contributed by atoms with van der Waals surface area (Å²) in [6.07, 6.45) is 1.46. The van der Waals surface area contributed by atoms with Crippen LogP contribution in [0.1, 0.15) is 12.5 Å². The van der Waals surface area contributed by atoms with Crippen molar-refractivity contribution in [1.82, 2.24) is 5.43 Å². The number of carbonyl (C=O) groups is 1. The highest BCUT2D eigenvalue weighted by Gasteiger charge is 2.11. The number of aromatic hydroxyl groups is 1. The second-order valence-electron chi connectivity index (χ2n) is 4.94. The first-order chi connectivity index (χ1) is 11.4. The molecule has 0 bridgehead atoms. The van der Waals surface area contributed by atoms with Crippen molar-refractivity contribution < 1.29 is 14.3 Å². The quantitative estimate of drug-likeness (QED) is 0.468. The Morgan fingerprint density at radius 2 is 1.83 bits per heavy atom. The number of benzene rings is 2. The third-order valence-electron chi connectivity index (χ3n) is 3.05. The SMILES string of the molecule is C[C@@H](Nc1ccc(F)cc1)C(=O)N/N=C\c1cc(Br)c(O)c(Br)c1. The zero-order valence-corrected chi connectivity index (χ0v) is 15.7. The lowest BCUT2D eigenvalue weighted by Crippen LogP contribution is -2.34. The van der Waals surface area contributed by atoms with E-state index >= 15 is 0 Å². The molecule has 0 radical (unpaired) electrons. The smallest absolute Gasteiger partial charge is 0.262 e. The van der Waals surface area contributed by atoms with Crippen molar-refractivity contribution >= 4 is 49.7 Å². The molecule has 2 aromatic rings. The van der Waals surface area contributed by atoms with Crippen LogP contribution in [0.3, 0.4) is 0 Å². The highest BCUT2D eigenvalue weighted by Crippen LogP contribution is 2.32. The third-order valence-corrected chi connectivity index (χ3v) is 4.26. The molecule has 0 fully saturated rings. The predicted molar refractivity (Wildman–Crippen MR) is 98.7 cm³/mol. The molecule has 0 heterocycles. The first-order valence-electron chi connectivity index (χ1n) is 6.90. The first-order valence-corrected chi connectivity index (χ1v) is 8.48. The van der Waals surface area contributed by atoms with E-state index in [0.717, 1.165) is 0 Å². The van der Waals surface area contributed by atoms with Crippen LogP contribution < -0.4 is 10.7 Å². The number of phenols is 1.